The first-order valence-electron chi connectivity index (χ1n) is 13.5. The molecule has 0 spiro atoms. The van der Waals surface area contributed by atoms with E-state index in [4.69, 9.17) is 18.9 Å². The molecule has 6 rings (SSSR count). The Labute approximate surface area is 250 Å². The van der Waals surface area contributed by atoms with Crippen LogP contribution in [-0.2, 0) is 14.3 Å². The fraction of sp³-hybridized carbons (Fsp3) is 0.188. The highest BCUT2D eigenvalue weighted by molar-refractivity contribution is 7.17. The third-order valence-corrected chi connectivity index (χ3v) is 8.00. The smallest absolute Gasteiger partial charge is 0.350 e. The number of rotatable bonds is 7. The van der Waals surface area contributed by atoms with Crippen LogP contribution in [-0.4, -0.2) is 47.6 Å². The first-order chi connectivity index (χ1) is 20.9. The molecule has 1 unspecified atom stereocenters. The summed E-state index contributed by atoms with van der Waals surface area (Å²) < 4.78 is 22.4. The maximum absolute atomic E-state index is 13.7. The van der Waals surface area contributed by atoms with E-state index < -0.39 is 29.5 Å². The van der Waals surface area contributed by atoms with E-state index in [1.54, 1.807) is 68.4 Å². The van der Waals surface area contributed by atoms with Crippen molar-refractivity contribution in [2.45, 2.75) is 19.9 Å². The predicted molar refractivity (Wildman–Crippen MR) is 158 cm³/mol. The zero-order chi connectivity index (χ0) is 30.1. The number of aliphatic hydroxyl groups is 1. The van der Waals surface area contributed by atoms with Crippen molar-refractivity contribution < 1.29 is 38.4 Å². The number of carbonyl (C=O) groups excluding carboxylic acids is 3. The number of ether oxygens (including phenoxy) is 4. The van der Waals surface area contributed by atoms with Gasteiger partial charge in [-0.3, -0.25) is 14.5 Å². The summed E-state index contributed by atoms with van der Waals surface area (Å²) in [7, 11) is 0. The lowest BCUT2D eigenvalue weighted by Gasteiger charge is -2.24. The van der Waals surface area contributed by atoms with Gasteiger partial charge in [0.05, 0.1) is 23.9 Å². The fourth-order valence-electron chi connectivity index (χ4n) is 4.94. The van der Waals surface area contributed by atoms with Crippen molar-refractivity contribution in [3.05, 3.63) is 100 Å². The van der Waals surface area contributed by atoms with Crippen molar-refractivity contribution in [2.24, 2.45) is 0 Å². The molecule has 2 aliphatic rings. The summed E-state index contributed by atoms with van der Waals surface area (Å²) in [5.74, 6) is -0.803. The quantitative estimate of drug-likeness (QED) is 0.121. The van der Waals surface area contributed by atoms with E-state index in [1.165, 1.54) is 4.90 Å². The highest BCUT2D eigenvalue weighted by Crippen LogP contribution is 2.45. The van der Waals surface area contributed by atoms with Crippen LogP contribution < -0.4 is 19.1 Å². The molecule has 43 heavy (non-hydrogen) atoms. The number of nitrogens with zero attached hydrogens (tertiary/aromatic N) is 2. The van der Waals surface area contributed by atoms with E-state index in [9.17, 15) is 19.5 Å². The number of benzene rings is 3. The van der Waals surface area contributed by atoms with Gasteiger partial charge in [-0.15, -0.1) is 0 Å². The van der Waals surface area contributed by atoms with E-state index >= 15 is 0 Å². The SMILES string of the molecule is CCOC(=O)c1sc(N2C(=O)C(=O)/C(=C(/O)c3ccc4c(c3)OCCO4)C2c2cccc(Oc3ccccc3)c2)nc1C. The van der Waals surface area contributed by atoms with Gasteiger partial charge in [0.25, 0.3) is 5.78 Å². The number of aromatic nitrogens is 1. The molecule has 0 bridgehead atoms. The molecule has 1 aromatic heterocycles. The van der Waals surface area contributed by atoms with Crippen LogP contribution >= 0.6 is 11.3 Å². The molecule has 1 N–H and O–H groups in total. The van der Waals surface area contributed by atoms with Crippen LogP contribution in [0, 0.1) is 6.92 Å². The average Bonchev–Trinajstić information content (AvgIpc) is 3.53. The molecule has 11 heteroatoms. The highest BCUT2D eigenvalue weighted by atomic mass is 32.1. The van der Waals surface area contributed by atoms with Crippen molar-refractivity contribution in [1.29, 1.82) is 0 Å². The van der Waals surface area contributed by atoms with Gasteiger partial charge in [0.2, 0.25) is 0 Å². The van der Waals surface area contributed by atoms with Crippen molar-refractivity contribution in [2.75, 3.05) is 24.7 Å². The van der Waals surface area contributed by atoms with Gasteiger partial charge in [-0.2, -0.15) is 0 Å². The van der Waals surface area contributed by atoms with Crippen LogP contribution in [0.2, 0.25) is 0 Å². The average molecular weight is 599 g/mol. The van der Waals surface area contributed by atoms with Gasteiger partial charge in [0.1, 0.15) is 35.3 Å². The van der Waals surface area contributed by atoms with Crippen LogP contribution in [0.3, 0.4) is 0 Å². The van der Waals surface area contributed by atoms with Crippen molar-refractivity contribution in [1.82, 2.24) is 4.98 Å². The van der Waals surface area contributed by atoms with Crippen molar-refractivity contribution >= 4 is 39.9 Å². The van der Waals surface area contributed by atoms with E-state index in [-0.39, 0.29) is 27.8 Å². The Hall–Kier alpha value is -5.16. The number of anilines is 1. The van der Waals surface area contributed by atoms with Gasteiger partial charge < -0.3 is 24.1 Å². The van der Waals surface area contributed by atoms with Crippen LogP contribution in [0.5, 0.6) is 23.0 Å². The number of carbonyl (C=O) groups is 3. The van der Waals surface area contributed by atoms with Gasteiger partial charge in [-0.05, 0) is 61.9 Å². The molecule has 1 atom stereocenters. The van der Waals surface area contributed by atoms with Crippen LogP contribution in [0.25, 0.3) is 5.76 Å². The summed E-state index contributed by atoms with van der Waals surface area (Å²) in [5, 5.41) is 11.7. The molecular weight excluding hydrogens is 572 g/mol. The summed E-state index contributed by atoms with van der Waals surface area (Å²) in [6.07, 6.45) is 0. The fourth-order valence-corrected chi connectivity index (χ4v) is 5.92. The number of esters is 1. The Morgan fingerprint density at radius 2 is 1.74 bits per heavy atom. The lowest BCUT2D eigenvalue weighted by molar-refractivity contribution is -0.132. The van der Waals surface area contributed by atoms with Crippen LogP contribution in [0.4, 0.5) is 5.13 Å². The number of thiazole rings is 1. The van der Waals surface area contributed by atoms with E-state index in [1.807, 2.05) is 18.2 Å². The lowest BCUT2D eigenvalue weighted by Crippen LogP contribution is -2.29. The summed E-state index contributed by atoms with van der Waals surface area (Å²) in [5.41, 5.74) is 0.958. The Kier molecular flexibility index (Phi) is 7.56. The highest BCUT2D eigenvalue weighted by Gasteiger charge is 2.48. The second kappa shape index (κ2) is 11.6. The number of para-hydroxylation sites is 1. The Morgan fingerprint density at radius 3 is 2.51 bits per heavy atom. The topological polar surface area (TPSA) is 124 Å². The number of aryl methyl sites for hydroxylation is 1. The summed E-state index contributed by atoms with van der Waals surface area (Å²) >= 11 is 0.939. The van der Waals surface area contributed by atoms with Gasteiger partial charge >= 0.3 is 11.9 Å². The number of fused-ring (bicyclic) bond motifs is 1. The number of hydrogen-bond donors (Lipinski definition) is 1. The molecule has 1 saturated heterocycles. The zero-order valence-electron chi connectivity index (χ0n) is 23.2. The number of amides is 1. The molecule has 4 aromatic rings. The summed E-state index contributed by atoms with van der Waals surface area (Å²) in [6, 6.07) is 19.8. The van der Waals surface area contributed by atoms with Gasteiger partial charge in [-0.25, -0.2) is 9.78 Å². The van der Waals surface area contributed by atoms with Gasteiger partial charge in [-0.1, -0.05) is 41.7 Å². The molecule has 0 radical (unpaired) electrons. The second-order valence-electron chi connectivity index (χ2n) is 9.65. The first-order valence-corrected chi connectivity index (χ1v) is 14.4. The van der Waals surface area contributed by atoms with Crippen molar-refractivity contribution in [3.8, 4) is 23.0 Å². The first kappa shape index (κ1) is 28.0. The normalized spacial score (nSPS) is 17.2. The zero-order valence-corrected chi connectivity index (χ0v) is 24.1. The minimum atomic E-state index is -1.09. The van der Waals surface area contributed by atoms with Crippen LogP contribution in [0.1, 0.15) is 39.5 Å². The number of hydrogen-bond acceptors (Lipinski definition) is 10. The lowest BCUT2D eigenvalue weighted by atomic mass is 9.95. The van der Waals surface area contributed by atoms with Gasteiger partial charge in [0, 0.05) is 5.56 Å². The minimum Gasteiger partial charge on any atom is -0.507 e. The molecule has 3 heterocycles. The third-order valence-electron chi connectivity index (χ3n) is 6.86. The Morgan fingerprint density at radius 1 is 1.00 bits per heavy atom. The van der Waals surface area contributed by atoms with Gasteiger partial charge in [0.15, 0.2) is 16.6 Å². The minimum absolute atomic E-state index is 0.114. The largest absolute Gasteiger partial charge is 0.507 e. The molecular formula is C32H26N2O8S. The molecule has 218 valence electrons. The second-order valence-corrected chi connectivity index (χ2v) is 10.6. The summed E-state index contributed by atoms with van der Waals surface area (Å²) in [4.78, 5) is 45.8. The molecule has 2 aliphatic heterocycles. The van der Waals surface area contributed by atoms with E-state index in [2.05, 4.69) is 4.98 Å². The molecule has 3 aromatic carbocycles. The molecule has 1 amide bonds. The standard InChI is InChI=1S/C32H26N2O8S/c1-3-39-31(38)29-18(2)33-32(43-29)34-26(19-8-7-11-22(16-19)42-21-9-5-4-6-10-21)25(28(36)30(34)37)27(35)20-12-13-23-24(17-20)41-15-14-40-23/h4-13,16-17,26,35H,3,14-15H2,1-2H3/b27-25+. The maximum Gasteiger partial charge on any atom is 0.350 e. The Bertz CT molecular complexity index is 1760. The maximum atomic E-state index is 13.7. The molecule has 0 saturated carbocycles. The molecule has 0 aliphatic carbocycles. The van der Waals surface area contributed by atoms with Crippen LogP contribution in [0.15, 0.2) is 78.4 Å². The summed E-state index contributed by atoms with van der Waals surface area (Å²) in [6.45, 7) is 4.21. The number of ketones is 1. The Balaban J connectivity index is 1.49. The van der Waals surface area contributed by atoms with E-state index in [0.717, 1.165) is 11.3 Å². The number of Topliss-reactive ketones (excluding diaryl/α,β-unsaturated/α-hetero) is 1. The van der Waals surface area contributed by atoms with E-state index in [0.29, 0.717) is 47.5 Å². The monoisotopic (exact) mass is 598 g/mol. The molecule has 10 nitrogen and oxygen atoms in total. The molecule has 1 fully saturated rings. The third kappa shape index (κ3) is 5.30. The number of aliphatic hydroxyl groups excluding tert-OH is 1. The predicted octanol–water partition coefficient (Wildman–Crippen LogP) is 5.82. The van der Waals surface area contributed by atoms with Crippen molar-refractivity contribution in [3.63, 3.8) is 0 Å².